The van der Waals surface area contributed by atoms with Crippen LogP contribution in [0.4, 0.5) is 0 Å². The van der Waals surface area contributed by atoms with Gasteiger partial charge in [-0.1, -0.05) is 51.1 Å². The van der Waals surface area contributed by atoms with Gasteiger partial charge in [0.05, 0.1) is 6.04 Å². The molecule has 6 heteroatoms. The van der Waals surface area contributed by atoms with Crippen molar-refractivity contribution in [2.45, 2.75) is 64.6 Å². The van der Waals surface area contributed by atoms with Crippen LogP contribution in [0.15, 0.2) is 30.3 Å². The normalized spacial score (nSPS) is 23.5. The van der Waals surface area contributed by atoms with Crippen LogP contribution in [0.1, 0.15) is 45.6 Å². The lowest BCUT2D eigenvalue weighted by Gasteiger charge is -2.40. The maximum Gasteiger partial charge on any atom is 0.245 e. The number of nitrogens with zero attached hydrogens (tertiary/aromatic N) is 2. The number of fused-ring (bicyclic) bond motifs is 1. The first-order valence-electron chi connectivity index (χ1n) is 12.0. The monoisotopic (exact) mass is 428 g/mol. The SMILES string of the molecule is CC[C@H](NC)C(=O)N[C@H](C(=O)N1CC[C@H]2CCN(CCc3ccccc3)C[C@H]21)C(C)C. The Bertz CT molecular complexity index is 719. The Kier molecular flexibility index (Phi) is 8.50. The number of likely N-dealkylation sites (N-methyl/N-ethyl adjacent to an activating group) is 1. The third kappa shape index (κ3) is 5.86. The molecule has 6 nitrogen and oxygen atoms in total. The molecule has 2 aliphatic heterocycles. The van der Waals surface area contributed by atoms with Crippen molar-refractivity contribution in [2.24, 2.45) is 11.8 Å². The number of rotatable bonds is 9. The lowest BCUT2D eigenvalue weighted by Crippen LogP contribution is -2.58. The van der Waals surface area contributed by atoms with Gasteiger partial charge in [0.2, 0.25) is 11.8 Å². The number of hydrogen-bond acceptors (Lipinski definition) is 4. The molecule has 0 saturated carbocycles. The van der Waals surface area contributed by atoms with Crippen molar-refractivity contribution in [3.63, 3.8) is 0 Å². The smallest absolute Gasteiger partial charge is 0.245 e. The molecule has 3 rings (SSSR count). The van der Waals surface area contributed by atoms with Crippen LogP contribution in [0.3, 0.4) is 0 Å². The van der Waals surface area contributed by atoms with Crippen LogP contribution in [0, 0.1) is 11.8 Å². The van der Waals surface area contributed by atoms with Gasteiger partial charge in [0.1, 0.15) is 6.04 Å². The average Bonchev–Trinajstić information content (AvgIpc) is 3.20. The Morgan fingerprint density at radius 3 is 2.48 bits per heavy atom. The Balaban J connectivity index is 1.62. The summed E-state index contributed by atoms with van der Waals surface area (Å²) in [4.78, 5) is 30.8. The summed E-state index contributed by atoms with van der Waals surface area (Å²) < 4.78 is 0. The Hall–Kier alpha value is -1.92. The largest absolute Gasteiger partial charge is 0.343 e. The number of piperidine rings is 1. The molecule has 0 spiro atoms. The molecule has 2 N–H and O–H groups in total. The van der Waals surface area contributed by atoms with Crippen LogP contribution in [0.25, 0.3) is 0 Å². The number of carbonyl (C=O) groups is 2. The Labute approximate surface area is 187 Å². The molecule has 2 heterocycles. The van der Waals surface area contributed by atoms with E-state index in [1.165, 1.54) is 5.56 Å². The minimum Gasteiger partial charge on any atom is -0.343 e. The van der Waals surface area contributed by atoms with Crippen molar-refractivity contribution in [1.29, 1.82) is 0 Å². The third-order valence-corrected chi connectivity index (χ3v) is 7.09. The van der Waals surface area contributed by atoms with Crippen molar-refractivity contribution in [2.75, 3.05) is 33.2 Å². The Morgan fingerprint density at radius 1 is 1.13 bits per heavy atom. The minimum absolute atomic E-state index is 0.0580. The maximum absolute atomic E-state index is 13.5. The predicted octanol–water partition coefficient (Wildman–Crippen LogP) is 2.29. The summed E-state index contributed by atoms with van der Waals surface area (Å²) in [5.41, 5.74) is 1.36. The summed E-state index contributed by atoms with van der Waals surface area (Å²) in [7, 11) is 1.79. The predicted molar refractivity (Wildman–Crippen MR) is 125 cm³/mol. The van der Waals surface area contributed by atoms with Gasteiger partial charge in [0, 0.05) is 25.7 Å². The van der Waals surface area contributed by atoms with Crippen molar-refractivity contribution in [3.8, 4) is 0 Å². The van der Waals surface area contributed by atoms with Crippen LogP contribution in [-0.2, 0) is 16.0 Å². The summed E-state index contributed by atoms with van der Waals surface area (Å²) in [5.74, 6) is 0.649. The first kappa shape index (κ1) is 23.7. The van der Waals surface area contributed by atoms with E-state index in [1.807, 2.05) is 20.8 Å². The number of nitrogens with one attached hydrogen (secondary N) is 2. The summed E-state index contributed by atoms with van der Waals surface area (Å²) in [5, 5.41) is 6.08. The molecule has 0 unspecified atom stereocenters. The van der Waals surface area contributed by atoms with Crippen molar-refractivity contribution < 1.29 is 9.59 Å². The molecule has 4 atom stereocenters. The topological polar surface area (TPSA) is 64.7 Å². The molecule has 0 aromatic heterocycles. The molecule has 0 aliphatic carbocycles. The molecule has 172 valence electrons. The number of amides is 2. The van der Waals surface area contributed by atoms with E-state index in [4.69, 9.17) is 0 Å². The zero-order valence-electron chi connectivity index (χ0n) is 19.6. The summed E-state index contributed by atoms with van der Waals surface area (Å²) in [6.07, 6.45) is 3.97. The van der Waals surface area contributed by atoms with Gasteiger partial charge in [-0.05, 0) is 56.7 Å². The molecule has 31 heavy (non-hydrogen) atoms. The number of likely N-dealkylation sites (tertiary alicyclic amines) is 2. The number of benzene rings is 1. The van der Waals surface area contributed by atoms with E-state index in [9.17, 15) is 9.59 Å². The fourth-order valence-corrected chi connectivity index (χ4v) is 5.08. The molecule has 1 aromatic rings. The molecule has 1 aromatic carbocycles. The lowest BCUT2D eigenvalue weighted by atomic mass is 9.91. The molecule has 2 aliphatic rings. The zero-order valence-corrected chi connectivity index (χ0v) is 19.6. The fraction of sp³-hybridized carbons (Fsp3) is 0.680. The summed E-state index contributed by atoms with van der Waals surface area (Å²) in [6, 6.07) is 10.1. The average molecular weight is 429 g/mol. The van der Waals surface area contributed by atoms with Gasteiger partial charge in [0.25, 0.3) is 0 Å². The first-order chi connectivity index (χ1) is 14.9. The first-order valence-corrected chi connectivity index (χ1v) is 12.0. The molecule has 2 saturated heterocycles. The van der Waals surface area contributed by atoms with Crippen LogP contribution in [0.5, 0.6) is 0 Å². The highest BCUT2D eigenvalue weighted by atomic mass is 16.2. The number of hydrogen-bond donors (Lipinski definition) is 2. The van der Waals surface area contributed by atoms with Gasteiger partial charge < -0.3 is 20.4 Å². The number of carbonyl (C=O) groups excluding carboxylic acids is 2. The van der Waals surface area contributed by atoms with Crippen molar-refractivity contribution >= 4 is 11.8 Å². The van der Waals surface area contributed by atoms with Crippen LogP contribution in [0.2, 0.25) is 0 Å². The van der Waals surface area contributed by atoms with Gasteiger partial charge in [-0.25, -0.2) is 0 Å². The van der Waals surface area contributed by atoms with Gasteiger partial charge in [-0.2, -0.15) is 0 Å². The standard InChI is InChI=1S/C25H40N4O2/c1-5-21(26-4)24(30)27-23(18(2)3)25(31)29-16-13-20-12-15-28(17-22(20)29)14-11-19-9-7-6-8-10-19/h6-10,18,20-23,26H,5,11-17H2,1-4H3,(H,27,30)/t20-,21+,22-,23+/m1/s1. The molecule has 2 amide bonds. The highest BCUT2D eigenvalue weighted by molar-refractivity contribution is 5.90. The summed E-state index contributed by atoms with van der Waals surface area (Å²) >= 11 is 0. The zero-order chi connectivity index (χ0) is 22.4. The van der Waals surface area contributed by atoms with Gasteiger partial charge in [-0.15, -0.1) is 0 Å². The summed E-state index contributed by atoms with van der Waals surface area (Å²) in [6.45, 7) is 9.90. The van der Waals surface area contributed by atoms with Crippen molar-refractivity contribution in [1.82, 2.24) is 20.4 Å². The van der Waals surface area contributed by atoms with E-state index >= 15 is 0 Å². The quantitative estimate of drug-likeness (QED) is 0.633. The maximum atomic E-state index is 13.5. The van der Waals surface area contributed by atoms with Crippen LogP contribution < -0.4 is 10.6 Å². The van der Waals surface area contributed by atoms with E-state index in [0.717, 1.165) is 45.4 Å². The second-order valence-electron chi connectivity index (χ2n) is 9.45. The lowest BCUT2D eigenvalue weighted by molar-refractivity contribution is -0.139. The van der Waals surface area contributed by atoms with Crippen LogP contribution >= 0.6 is 0 Å². The molecular weight excluding hydrogens is 388 g/mol. The highest BCUT2D eigenvalue weighted by Crippen LogP contribution is 2.32. The van der Waals surface area contributed by atoms with E-state index in [2.05, 4.69) is 50.8 Å². The molecular formula is C25H40N4O2. The van der Waals surface area contributed by atoms with Gasteiger partial charge in [0.15, 0.2) is 0 Å². The fourth-order valence-electron chi connectivity index (χ4n) is 5.08. The second kappa shape index (κ2) is 11.1. The molecule has 2 fully saturated rings. The molecule has 0 bridgehead atoms. The van der Waals surface area contributed by atoms with E-state index in [0.29, 0.717) is 12.3 Å². The van der Waals surface area contributed by atoms with Gasteiger partial charge >= 0.3 is 0 Å². The van der Waals surface area contributed by atoms with Gasteiger partial charge in [-0.3, -0.25) is 9.59 Å². The second-order valence-corrected chi connectivity index (χ2v) is 9.45. The Morgan fingerprint density at radius 2 is 1.84 bits per heavy atom. The van der Waals surface area contributed by atoms with E-state index in [-0.39, 0.29) is 29.8 Å². The van der Waals surface area contributed by atoms with E-state index < -0.39 is 6.04 Å². The minimum atomic E-state index is -0.464. The molecule has 0 radical (unpaired) electrons. The third-order valence-electron chi connectivity index (χ3n) is 7.09. The highest BCUT2D eigenvalue weighted by Gasteiger charge is 2.43. The van der Waals surface area contributed by atoms with Crippen molar-refractivity contribution in [3.05, 3.63) is 35.9 Å². The van der Waals surface area contributed by atoms with E-state index in [1.54, 1.807) is 7.05 Å². The van der Waals surface area contributed by atoms with Crippen LogP contribution in [-0.4, -0.2) is 73.0 Å².